The van der Waals surface area contributed by atoms with Crippen LogP contribution in [0.4, 0.5) is 0 Å². The first-order chi connectivity index (χ1) is 8.29. The molecule has 0 radical (unpaired) electrons. The Balaban J connectivity index is 2.01. The van der Waals surface area contributed by atoms with E-state index in [0.29, 0.717) is 6.04 Å². The second-order valence-corrected chi connectivity index (χ2v) is 4.41. The van der Waals surface area contributed by atoms with Gasteiger partial charge in [-0.3, -0.25) is 0 Å². The number of rotatable bonds is 5. The molecule has 0 amide bonds. The molecule has 17 heavy (non-hydrogen) atoms. The highest BCUT2D eigenvalue weighted by Gasteiger charge is 2.09. The van der Waals surface area contributed by atoms with E-state index in [-0.39, 0.29) is 0 Å². The van der Waals surface area contributed by atoms with Gasteiger partial charge in [-0.2, -0.15) is 0 Å². The molecule has 1 heterocycles. The van der Waals surface area contributed by atoms with Crippen LogP contribution in [0.1, 0.15) is 30.7 Å². The molecule has 90 valence electrons. The fraction of sp³-hybridized carbons (Fsp3) is 0.286. The van der Waals surface area contributed by atoms with E-state index < -0.39 is 0 Å². The average molecular weight is 250 g/mol. The van der Waals surface area contributed by atoms with Crippen molar-refractivity contribution in [3.05, 3.63) is 59.0 Å². The van der Waals surface area contributed by atoms with Gasteiger partial charge < -0.3 is 9.73 Å². The Bertz CT molecular complexity index is 453. The third-order valence-corrected chi connectivity index (χ3v) is 3.00. The standard InChI is InChI=1S/C14H16ClNO/c1-2-14(11-5-3-6-12(15)9-11)16-10-13-7-4-8-17-13/h3-9,14,16H,2,10H2,1H3. The van der Waals surface area contributed by atoms with Gasteiger partial charge in [0.1, 0.15) is 5.76 Å². The summed E-state index contributed by atoms with van der Waals surface area (Å²) in [6, 6.07) is 12.1. The largest absolute Gasteiger partial charge is 0.468 e. The van der Waals surface area contributed by atoms with Crippen LogP contribution in [0.25, 0.3) is 0 Å². The topological polar surface area (TPSA) is 25.2 Å². The maximum atomic E-state index is 6.00. The minimum Gasteiger partial charge on any atom is -0.468 e. The maximum absolute atomic E-state index is 6.00. The van der Waals surface area contributed by atoms with Crippen LogP contribution in [-0.4, -0.2) is 0 Å². The van der Waals surface area contributed by atoms with Crippen LogP contribution in [-0.2, 0) is 6.54 Å². The van der Waals surface area contributed by atoms with Crippen molar-refractivity contribution < 1.29 is 4.42 Å². The van der Waals surface area contributed by atoms with Gasteiger partial charge in [0, 0.05) is 11.1 Å². The third kappa shape index (κ3) is 3.35. The van der Waals surface area contributed by atoms with Crippen molar-refractivity contribution in [2.24, 2.45) is 0 Å². The summed E-state index contributed by atoms with van der Waals surface area (Å²) in [7, 11) is 0. The second-order valence-electron chi connectivity index (χ2n) is 3.98. The van der Waals surface area contributed by atoms with Crippen molar-refractivity contribution in [3.63, 3.8) is 0 Å². The number of furan rings is 1. The van der Waals surface area contributed by atoms with Crippen LogP contribution >= 0.6 is 11.6 Å². The molecule has 0 bridgehead atoms. The van der Waals surface area contributed by atoms with Crippen LogP contribution < -0.4 is 5.32 Å². The molecule has 0 aliphatic heterocycles. The molecule has 3 heteroatoms. The molecule has 1 aromatic heterocycles. The molecule has 2 rings (SSSR count). The fourth-order valence-corrected chi connectivity index (χ4v) is 2.06. The lowest BCUT2D eigenvalue weighted by molar-refractivity contribution is 0.443. The molecule has 0 aliphatic rings. The minimum absolute atomic E-state index is 0.304. The maximum Gasteiger partial charge on any atom is 0.117 e. The Kier molecular flexibility index (Phi) is 4.24. The zero-order valence-corrected chi connectivity index (χ0v) is 10.6. The first-order valence-corrected chi connectivity index (χ1v) is 6.18. The second kappa shape index (κ2) is 5.89. The monoisotopic (exact) mass is 249 g/mol. The van der Waals surface area contributed by atoms with E-state index in [0.717, 1.165) is 23.7 Å². The molecule has 2 aromatic rings. The van der Waals surface area contributed by atoms with Crippen LogP contribution in [0.2, 0.25) is 5.02 Å². The molecule has 0 saturated carbocycles. The molecule has 1 unspecified atom stereocenters. The summed E-state index contributed by atoms with van der Waals surface area (Å²) in [5.41, 5.74) is 1.21. The van der Waals surface area contributed by atoms with Crippen molar-refractivity contribution >= 4 is 11.6 Å². The van der Waals surface area contributed by atoms with E-state index in [2.05, 4.69) is 18.3 Å². The van der Waals surface area contributed by atoms with Gasteiger partial charge in [-0.25, -0.2) is 0 Å². The summed E-state index contributed by atoms with van der Waals surface area (Å²) in [5, 5.41) is 4.24. The molecule has 0 saturated heterocycles. The molecule has 1 N–H and O–H groups in total. The number of nitrogens with one attached hydrogen (secondary N) is 1. The summed E-state index contributed by atoms with van der Waals surface area (Å²) in [6.45, 7) is 2.89. The van der Waals surface area contributed by atoms with E-state index in [1.807, 2.05) is 30.3 Å². The van der Waals surface area contributed by atoms with Gasteiger partial charge in [0.15, 0.2) is 0 Å². The molecule has 1 atom stereocenters. The van der Waals surface area contributed by atoms with Gasteiger partial charge in [-0.15, -0.1) is 0 Å². The summed E-state index contributed by atoms with van der Waals surface area (Å²) in [6.07, 6.45) is 2.71. The van der Waals surface area contributed by atoms with E-state index in [4.69, 9.17) is 16.0 Å². The Labute approximate surface area is 107 Å². The smallest absolute Gasteiger partial charge is 0.117 e. The summed E-state index contributed by atoms with van der Waals surface area (Å²) in [5.74, 6) is 0.950. The molecule has 1 aromatic carbocycles. The number of benzene rings is 1. The van der Waals surface area contributed by atoms with Crippen LogP contribution in [0.3, 0.4) is 0 Å². The number of hydrogen-bond acceptors (Lipinski definition) is 2. The quantitative estimate of drug-likeness (QED) is 0.860. The Morgan fingerprint density at radius 2 is 2.18 bits per heavy atom. The van der Waals surface area contributed by atoms with Crippen molar-refractivity contribution in [1.82, 2.24) is 5.32 Å². The van der Waals surface area contributed by atoms with E-state index >= 15 is 0 Å². The van der Waals surface area contributed by atoms with Crippen molar-refractivity contribution in [1.29, 1.82) is 0 Å². The normalized spacial score (nSPS) is 12.6. The van der Waals surface area contributed by atoms with Gasteiger partial charge in [0.25, 0.3) is 0 Å². The Hall–Kier alpha value is -1.25. The van der Waals surface area contributed by atoms with Gasteiger partial charge in [0.05, 0.1) is 12.8 Å². The predicted molar refractivity (Wildman–Crippen MR) is 70.0 cm³/mol. The highest BCUT2D eigenvalue weighted by atomic mass is 35.5. The Morgan fingerprint density at radius 1 is 1.29 bits per heavy atom. The zero-order chi connectivity index (χ0) is 12.1. The lowest BCUT2D eigenvalue weighted by Crippen LogP contribution is -2.19. The van der Waals surface area contributed by atoms with Crippen molar-refractivity contribution in [2.45, 2.75) is 25.9 Å². The summed E-state index contributed by atoms with van der Waals surface area (Å²) in [4.78, 5) is 0. The molecular weight excluding hydrogens is 234 g/mol. The SMILES string of the molecule is CCC(NCc1ccco1)c1cccc(Cl)c1. The minimum atomic E-state index is 0.304. The molecule has 2 nitrogen and oxygen atoms in total. The van der Waals surface area contributed by atoms with E-state index in [1.165, 1.54) is 5.56 Å². The highest BCUT2D eigenvalue weighted by Crippen LogP contribution is 2.20. The Morgan fingerprint density at radius 3 is 2.82 bits per heavy atom. The lowest BCUT2D eigenvalue weighted by Gasteiger charge is -2.16. The van der Waals surface area contributed by atoms with E-state index in [9.17, 15) is 0 Å². The van der Waals surface area contributed by atoms with Crippen molar-refractivity contribution in [2.75, 3.05) is 0 Å². The first kappa shape index (κ1) is 12.2. The van der Waals surface area contributed by atoms with Crippen LogP contribution in [0.15, 0.2) is 47.1 Å². The van der Waals surface area contributed by atoms with Gasteiger partial charge in [-0.05, 0) is 36.2 Å². The third-order valence-electron chi connectivity index (χ3n) is 2.76. The van der Waals surface area contributed by atoms with Gasteiger partial charge in [0.2, 0.25) is 0 Å². The van der Waals surface area contributed by atoms with Crippen LogP contribution in [0, 0.1) is 0 Å². The molecular formula is C14H16ClNO. The molecule has 0 fully saturated rings. The fourth-order valence-electron chi connectivity index (χ4n) is 1.86. The molecule has 0 spiro atoms. The van der Waals surface area contributed by atoms with Gasteiger partial charge >= 0.3 is 0 Å². The summed E-state index contributed by atoms with van der Waals surface area (Å²) >= 11 is 6.00. The molecule has 0 aliphatic carbocycles. The zero-order valence-electron chi connectivity index (χ0n) is 9.82. The predicted octanol–water partition coefficient (Wildman–Crippen LogP) is 4.17. The van der Waals surface area contributed by atoms with Gasteiger partial charge in [-0.1, -0.05) is 30.7 Å². The van der Waals surface area contributed by atoms with E-state index in [1.54, 1.807) is 6.26 Å². The number of hydrogen-bond donors (Lipinski definition) is 1. The first-order valence-electron chi connectivity index (χ1n) is 5.81. The highest BCUT2D eigenvalue weighted by molar-refractivity contribution is 6.30. The average Bonchev–Trinajstić information content (AvgIpc) is 2.83. The van der Waals surface area contributed by atoms with Crippen molar-refractivity contribution in [3.8, 4) is 0 Å². The summed E-state index contributed by atoms with van der Waals surface area (Å²) < 4.78 is 5.30. The number of halogens is 1. The van der Waals surface area contributed by atoms with Crippen LogP contribution in [0.5, 0.6) is 0 Å². The lowest BCUT2D eigenvalue weighted by atomic mass is 10.0.